The highest BCUT2D eigenvalue weighted by molar-refractivity contribution is 5.78. The minimum Gasteiger partial charge on any atom is -0.390 e. The van der Waals surface area contributed by atoms with Gasteiger partial charge >= 0.3 is 0 Å². The summed E-state index contributed by atoms with van der Waals surface area (Å²) in [6.07, 6.45) is 1.75. The molecule has 2 fully saturated rings. The molecule has 0 spiro atoms. The Morgan fingerprint density at radius 3 is 2.45 bits per heavy atom. The van der Waals surface area contributed by atoms with Gasteiger partial charge in [0.15, 0.2) is 0 Å². The number of nitrogens with zero attached hydrogens (tertiary/aromatic N) is 1. The Labute approximate surface area is 131 Å². The third-order valence-corrected chi connectivity index (χ3v) is 4.95. The van der Waals surface area contributed by atoms with Gasteiger partial charge in [0, 0.05) is 31.8 Å². The average Bonchev–Trinajstić information content (AvgIpc) is 2.47. The van der Waals surface area contributed by atoms with Crippen molar-refractivity contribution in [1.82, 2.24) is 10.2 Å². The molecule has 22 heavy (non-hydrogen) atoms. The van der Waals surface area contributed by atoms with Crippen LogP contribution in [-0.4, -0.2) is 54.1 Å². The molecule has 1 atom stereocenters. The number of aliphatic hydroxyl groups is 1. The Bertz CT molecular complexity index is 361. The number of amides is 1. The largest absolute Gasteiger partial charge is 0.390 e. The summed E-state index contributed by atoms with van der Waals surface area (Å²) in [5.74, 6) is -2.39. The van der Waals surface area contributed by atoms with Crippen molar-refractivity contribution in [2.75, 3.05) is 26.2 Å². The van der Waals surface area contributed by atoms with Crippen LogP contribution in [0.5, 0.6) is 0 Å². The average molecular weight is 318 g/mol. The third-order valence-electron chi connectivity index (χ3n) is 4.95. The zero-order chi connectivity index (χ0) is 16.2. The SMILES string of the molecule is CC1CCN(CC(O)CNC(=O)C2CCC(F)(F)CC2)CC1. The molecule has 0 radical (unpaired) electrons. The lowest BCUT2D eigenvalue weighted by molar-refractivity contribution is -0.129. The minimum absolute atomic E-state index is 0.193. The first-order chi connectivity index (χ1) is 10.4. The zero-order valence-electron chi connectivity index (χ0n) is 13.4. The minimum atomic E-state index is -2.61. The van der Waals surface area contributed by atoms with E-state index in [0.29, 0.717) is 6.54 Å². The van der Waals surface area contributed by atoms with Crippen molar-refractivity contribution in [3.63, 3.8) is 0 Å². The monoisotopic (exact) mass is 318 g/mol. The lowest BCUT2D eigenvalue weighted by Crippen LogP contribution is -2.44. The Kier molecular flexibility index (Phi) is 6.15. The predicted octanol–water partition coefficient (Wildman–Crippen LogP) is 2.02. The second-order valence-corrected chi connectivity index (χ2v) is 7.01. The molecule has 1 amide bonds. The Balaban J connectivity index is 1.63. The van der Waals surface area contributed by atoms with E-state index in [1.54, 1.807) is 0 Å². The summed E-state index contributed by atoms with van der Waals surface area (Å²) in [6, 6.07) is 0. The molecule has 2 aliphatic rings. The molecule has 1 aliphatic heterocycles. The van der Waals surface area contributed by atoms with Gasteiger partial charge in [-0.2, -0.15) is 0 Å². The van der Waals surface area contributed by atoms with Crippen molar-refractivity contribution >= 4 is 5.91 Å². The van der Waals surface area contributed by atoms with E-state index in [9.17, 15) is 18.7 Å². The maximum Gasteiger partial charge on any atom is 0.248 e. The number of β-amino-alcohol motifs (C(OH)–C–C–N with tert-alkyl or cyclic N) is 1. The second-order valence-electron chi connectivity index (χ2n) is 7.01. The van der Waals surface area contributed by atoms with Crippen molar-refractivity contribution < 1.29 is 18.7 Å². The van der Waals surface area contributed by atoms with Gasteiger partial charge in [-0.25, -0.2) is 8.78 Å². The molecule has 6 heteroatoms. The van der Waals surface area contributed by atoms with Crippen LogP contribution in [0, 0.1) is 11.8 Å². The number of piperidine rings is 1. The number of hydrogen-bond donors (Lipinski definition) is 2. The van der Waals surface area contributed by atoms with Gasteiger partial charge in [-0.1, -0.05) is 6.92 Å². The van der Waals surface area contributed by atoms with Crippen LogP contribution >= 0.6 is 0 Å². The zero-order valence-corrected chi connectivity index (χ0v) is 13.4. The first-order valence-electron chi connectivity index (χ1n) is 8.42. The Morgan fingerprint density at radius 1 is 1.27 bits per heavy atom. The molecule has 0 aromatic heterocycles. The number of rotatable bonds is 5. The van der Waals surface area contributed by atoms with Gasteiger partial charge in [0.05, 0.1) is 6.10 Å². The first kappa shape index (κ1) is 17.6. The van der Waals surface area contributed by atoms with Gasteiger partial charge < -0.3 is 15.3 Å². The quantitative estimate of drug-likeness (QED) is 0.815. The molecule has 1 saturated heterocycles. The van der Waals surface area contributed by atoms with Crippen LogP contribution in [-0.2, 0) is 4.79 Å². The number of carbonyl (C=O) groups excluding carboxylic acids is 1. The van der Waals surface area contributed by atoms with E-state index in [1.807, 2.05) is 0 Å². The van der Waals surface area contributed by atoms with Gasteiger partial charge in [0.2, 0.25) is 11.8 Å². The standard InChI is InChI=1S/C16H28F2N2O2/c1-12-4-8-20(9-5-12)11-14(21)10-19-15(22)13-2-6-16(17,18)7-3-13/h12-14,21H,2-11H2,1H3,(H,19,22). The van der Waals surface area contributed by atoms with Crippen molar-refractivity contribution in [1.29, 1.82) is 0 Å². The van der Waals surface area contributed by atoms with Crippen molar-refractivity contribution in [2.45, 2.75) is 57.5 Å². The summed E-state index contributed by atoms with van der Waals surface area (Å²) >= 11 is 0. The summed E-state index contributed by atoms with van der Waals surface area (Å²) in [4.78, 5) is 14.2. The summed E-state index contributed by atoms with van der Waals surface area (Å²) in [6.45, 7) is 4.99. The number of halogens is 2. The summed E-state index contributed by atoms with van der Waals surface area (Å²) in [5, 5.41) is 12.7. The smallest absolute Gasteiger partial charge is 0.248 e. The molecule has 0 aromatic rings. The highest BCUT2D eigenvalue weighted by atomic mass is 19.3. The van der Waals surface area contributed by atoms with Crippen LogP contribution < -0.4 is 5.32 Å². The molecule has 2 rings (SSSR count). The highest BCUT2D eigenvalue weighted by Gasteiger charge is 2.37. The van der Waals surface area contributed by atoms with Gasteiger partial charge in [0.25, 0.3) is 0 Å². The van der Waals surface area contributed by atoms with Gasteiger partial charge in [-0.05, 0) is 44.7 Å². The van der Waals surface area contributed by atoms with Crippen molar-refractivity contribution in [3.05, 3.63) is 0 Å². The Hall–Kier alpha value is -0.750. The molecular weight excluding hydrogens is 290 g/mol. The predicted molar refractivity (Wildman–Crippen MR) is 80.8 cm³/mol. The molecule has 1 aliphatic carbocycles. The van der Waals surface area contributed by atoms with Crippen LogP contribution in [0.2, 0.25) is 0 Å². The van der Waals surface area contributed by atoms with Crippen LogP contribution in [0.3, 0.4) is 0 Å². The second kappa shape index (κ2) is 7.68. The summed E-state index contributed by atoms with van der Waals surface area (Å²) in [7, 11) is 0. The molecule has 4 nitrogen and oxygen atoms in total. The van der Waals surface area contributed by atoms with E-state index >= 15 is 0 Å². The highest BCUT2D eigenvalue weighted by Crippen LogP contribution is 2.36. The van der Waals surface area contributed by atoms with E-state index in [4.69, 9.17) is 0 Å². The molecule has 0 bridgehead atoms. The molecule has 128 valence electrons. The molecular formula is C16H28F2N2O2. The van der Waals surface area contributed by atoms with Gasteiger partial charge in [-0.3, -0.25) is 4.79 Å². The molecule has 1 unspecified atom stereocenters. The van der Waals surface area contributed by atoms with E-state index in [-0.39, 0.29) is 44.1 Å². The lowest BCUT2D eigenvalue weighted by atomic mass is 9.86. The molecule has 1 saturated carbocycles. The maximum atomic E-state index is 13.1. The van der Waals surface area contributed by atoms with Gasteiger partial charge in [0.1, 0.15) is 0 Å². The number of nitrogens with one attached hydrogen (secondary N) is 1. The van der Waals surface area contributed by atoms with Crippen LogP contribution in [0.15, 0.2) is 0 Å². The van der Waals surface area contributed by atoms with E-state index in [1.165, 1.54) is 0 Å². The lowest BCUT2D eigenvalue weighted by Gasteiger charge is -2.32. The van der Waals surface area contributed by atoms with E-state index in [2.05, 4.69) is 17.1 Å². The van der Waals surface area contributed by atoms with Crippen LogP contribution in [0.25, 0.3) is 0 Å². The summed E-state index contributed by atoms with van der Waals surface area (Å²) in [5.41, 5.74) is 0. The number of hydrogen-bond acceptors (Lipinski definition) is 3. The van der Waals surface area contributed by atoms with E-state index < -0.39 is 12.0 Å². The molecule has 1 heterocycles. The fraction of sp³-hybridized carbons (Fsp3) is 0.938. The van der Waals surface area contributed by atoms with Crippen molar-refractivity contribution in [2.24, 2.45) is 11.8 Å². The fourth-order valence-corrected chi connectivity index (χ4v) is 3.27. The number of carbonyl (C=O) groups is 1. The first-order valence-corrected chi connectivity index (χ1v) is 8.42. The van der Waals surface area contributed by atoms with Crippen LogP contribution in [0.4, 0.5) is 8.78 Å². The van der Waals surface area contributed by atoms with Gasteiger partial charge in [-0.15, -0.1) is 0 Å². The number of likely N-dealkylation sites (tertiary alicyclic amines) is 1. The number of aliphatic hydroxyl groups excluding tert-OH is 1. The molecule has 2 N–H and O–H groups in total. The summed E-state index contributed by atoms with van der Waals surface area (Å²) < 4.78 is 26.1. The topological polar surface area (TPSA) is 52.6 Å². The van der Waals surface area contributed by atoms with Crippen LogP contribution in [0.1, 0.15) is 45.4 Å². The third kappa shape index (κ3) is 5.47. The molecule has 0 aromatic carbocycles. The van der Waals surface area contributed by atoms with E-state index in [0.717, 1.165) is 31.8 Å². The maximum absolute atomic E-state index is 13.1. The Morgan fingerprint density at radius 2 is 1.86 bits per heavy atom. The fourth-order valence-electron chi connectivity index (χ4n) is 3.27. The van der Waals surface area contributed by atoms with Crippen molar-refractivity contribution in [3.8, 4) is 0 Å². The number of alkyl halides is 2. The normalized spacial score (nSPS) is 25.8.